The van der Waals surface area contributed by atoms with Crippen molar-refractivity contribution in [3.63, 3.8) is 0 Å². The molecule has 0 aromatic heterocycles. The highest BCUT2D eigenvalue weighted by Gasteiger charge is 2.42. The minimum Gasteiger partial charge on any atom is -0.492 e. The van der Waals surface area contributed by atoms with Crippen LogP contribution < -0.4 is 25.5 Å². The SMILES string of the molecule is COc1c(N[C@H]2O[C@@H](C)[C@H](O)[C@@H](O)[C@H]2O)cc2c(c1OC)-c1ccc(SC)c(=O)cc1[C@@H](NC(C)=O)CC2. The number of aliphatic hydroxyl groups excluding tert-OH is 3. The molecule has 10 nitrogen and oxygen atoms in total. The number of carbonyl (C=O) groups excluding carboxylic acids is 1. The summed E-state index contributed by atoms with van der Waals surface area (Å²) in [6.07, 6.45) is -2.90. The highest BCUT2D eigenvalue weighted by atomic mass is 32.2. The van der Waals surface area contributed by atoms with Gasteiger partial charge in [-0.3, -0.25) is 9.59 Å². The molecule has 0 spiro atoms. The van der Waals surface area contributed by atoms with E-state index in [0.717, 1.165) is 16.7 Å². The van der Waals surface area contributed by atoms with E-state index in [2.05, 4.69) is 10.6 Å². The van der Waals surface area contributed by atoms with Crippen LogP contribution in [0.5, 0.6) is 11.5 Å². The lowest BCUT2D eigenvalue weighted by molar-refractivity contribution is -0.209. The van der Waals surface area contributed by atoms with E-state index in [0.29, 0.717) is 40.5 Å². The molecule has 206 valence electrons. The van der Waals surface area contributed by atoms with Crippen LogP contribution in [0, 0.1) is 0 Å². The third-order valence-corrected chi connectivity index (χ3v) is 7.84. The van der Waals surface area contributed by atoms with Gasteiger partial charge in [0.2, 0.25) is 5.91 Å². The van der Waals surface area contributed by atoms with Crippen LogP contribution in [-0.2, 0) is 16.0 Å². The Bertz CT molecular complexity index is 1270. The van der Waals surface area contributed by atoms with E-state index in [1.807, 2.05) is 18.4 Å². The first-order valence-corrected chi connectivity index (χ1v) is 13.6. The highest BCUT2D eigenvalue weighted by Crippen LogP contribution is 2.49. The zero-order chi connectivity index (χ0) is 27.7. The lowest BCUT2D eigenvalue weighted by Crippen LogP contribution is -2.58. The number of anilines is 1. The number of fused-ring (bicyclic) bond motifs is 3. The number of amides is 1. The van der Waals surface area contributed by atoms with Crippen LogP contribution in [0.2, 0.25) is 0 Å². The average molecular weight is 547 g/mol. The number of methoxy groups -OCH3 is 2. The smallest absolute Gasteiger partial charge is 0.217 e. The Hall–Kier alpha value is -2.83. The molecular weight excluding hydrogens is 512 g/mol. The highest BCUT2D eigenvalue weighted by molar-refractivity contribution is 7.98. The maximum Gasteiger partial charge on any atom is 0.217 e. The minimum atomic E-state index is -1.40. The Morgan fingerprint density at radius 1 is 1.08 bits per heavy atom. The van der Waals surface area contributed by atoms with Gasteiger partial charge in [-0.1, -0.05) is 6.07 Å². The first kappa shape index (κ1) is 28.2. The van der Waals surface area contributed by atoms with Gasteiger partial charge in [-0.05, 0) is 60.9 Å². The summed E-state index contributed by atoms with van der Waals surface area (Å²) in [5, 5.41) is 37.0. The van der Waals surface area contributed by atoms with Gasteiger partial charge in [0.05, 0.1) is 36.9 Å². The molecule has 1 saturated heterocycles. The number of aryl methyl sites for hydroxylation is 1. The van der Waals surface area contributed by atoms with Crippen LogP contribution >= 0.6 is 11.8 Å². The molecule has 1 amide bonds. The second kappa shape index (κ2) is 11.5. The number of hydrogen-bond acceptors (Lipinski definition) is 10. The predicted molar refractivity (Wildman–Crippen MR) is 144 cm³/mol. The quantitative estimate of drug-likeness (QED) is 0.340. The number of ether oxygens (including phenoxy) is 3. The van der Waals surface area contributed by atoms with E-state index in [1.54, 1.807) is 19.1 Å². The molecule has 11 heteroatoms. The lowest BCUT2D eigenvalue weighted by atomic mass is 9.94. The molecule has 0 bridgehead atoms. The van der Waals surface area contributed by atoms with Crippen LogP contribution in [0.25, 0.3) is 11.1 Å². The van der Waals surface area contributed by atoms with Crippen molar-refractivity contribution in [2.24, 2.45) is 0 Å². The largest absolute Gasteiger partial charge is 0.492 e. The Balaban J connectivity index is 1.90. The molecule has 1 aliphatic heterocycles. The molecule has 2 aromatic rings. The van der Waals surface area contributed by atoms with E-state index < -0.39 is 36.7 Å². The van der Waals surface area contributed by atoms with Crippen molar-refractivity contribution in [1.29, 1.82) is 0 Å². The molecule has 5 N–H and O–H groups in total. The molecule has 38 heavy (non-hydrogen) atoms. The van der Waals surface area contributed by atoms with E-state index in [1.165, 1.54) is 32.9 Å². The lowest BCUT2D eigenvalue weighted by Gasteiger charge is -2.40. The molecule has 4 rings (SSSR count). The number of rotatable bonds is 6. The van der Waals surface area contributed by atoms with Gasteiger partial charge in [0.1, 0.15) is 18.3 Å². The number of aliphatic hydroxyl groups is 3. The van der Waals surface area contributed by atoms with Gasteiger partial charge in [-0.2, -0.15) is 0 Å². The molecule has 1 heterocycles. The predicted octanol–water partition coefficient (Wildman–Crippen LogP) is 1.82. The van der Waals surface area contributed by atoms with Gasteiger partial charge in [-0.15, -0.1) is 11.8 Å². The van der Waals surface area contributed by atoms with Gasteiger partial charge < -0.3 is 40.2 Å². The van der Waals surface area contributed by atoms with Crippen molar-refractivity contribution in [3.05, 3.63) is 45.6 Å². The Morgan fingerprint density at radius 3 is 2.42 bits per heavy atom. The first-order valence-electron chi connectivity index (χ1n) is 12.3. The fraction of sp³-hybridized carbons (Fsp3) is 0.481. The van der Waals surface area contributed by atoms with E-state index in [9.17, 15) is 24.9 Å². The molecule has 6 atom stereocenters. The molecular formula is C27H34N2O8S. The molecule has 1 fully saturated rings. The first-order chi connectivity index (χ1) is 18.1. The van der Waals surface area contributed by atoms with E-state index in [4.69, 9.17) is 14.2 Å². The van der Waals surface area contributed by atoms with Crippen LogP contribution in [0.4, 0.5) is 5.69 Å². The minimum absolute atomic E-state index is 0.139. The van der Waals surface area contributed by atoms with Crippen molar-refractivity contribution in [2.75, 3.05) is 25.8 Å². The second-order valence-corrected chi connectivity index (χ2v) is 10.3. The summed E-state index contributed by atoms with van der Waals surface area (Å²) < 4.78 is 17.4. The van der Waals surface area contributed by atoms with Crippen LogP contribution in [0.1, 0.15) is 37.4 Å². The summed E-state index contributed by atoms with van der Waals surface area (Å²) >= 11 is 1.35. The summed E-state index contributed by atoms with van der Waals surface area (Å²) in [4.78, 5) is 25.6. The Morgan fingerprint density at radius 2 is 1.79 bits per heavy atom. The number of hydrogen-bond donors (Lipinski definition) is 5. The summed E-state index contributed by atoms with van der Waals surface area (Å²) in [6.45, 7) is 3.05. The number of benzene rings is 1. The molecule has 0 saturated carbocycles. The summed E-state index contributed by atoms with van der Waals surface area (Å²) in [5.41, 5.74) is 3.33. The van der Waals surface area contributed by atoms with E-state index >= 15 is 0 Å². The summed E-state index contributed by atoms with van der Waals surface area (Å²) in [6, 6.07) is 6.66. The van der Waals surface area contributed by atoms with Crippen molar-refractivity contribution in [3.8, 4) is 22.6 Å². The number of nitrogens with one attached hydrogen (secondary N) is 2. The molecule has 2 aliphatic rings. The molecule has 0 radical (unpaired) electrons. The van der Waals surface area contributed by atoms with Gasteiger partial charge >= 0.3 is 0 Å². The maximum absolute atomic E-state index is 13.0. The van der Waals surface area contributed by atoms with E-state index in [-0.39, 0.29) is 11.3 Å². The summed E-state index contributed by atoms with van der Waals surface area (Å²) in [7, 11) is 3.00. The van der Waals surface area contributed by atoms with Gasteiger partial charge in [0.15, 0.2) is 23.2 Å². The summed E-state index contributed by atoms with van der Waals surface area (Å²) in [5.74, 6) is 0.528. The van der Waals surface area contributed by atoms with Crippen LogP contribution in [0.15, 0.2) is 34.0 Å². The third-order valence-electron chi connectivity index (χ3n) is 7.06. The second-order valence-electron chi connectivity index (χ2n) is 9.47. The fourth-order valence-electron chi connectivity index (χ4n) is 5.18. The standard InChI is InChI=1S/C27H34N2O8S/c1-12-22(32)23(33)24(34)27(37-12)29-18-10-14-6-8-17(28-13(2)30)16-11-19(31)20(38-5)9-7-15(16)21(14)26(36-4)25(18)35-3/h7,9-12,17,22-24,27,29,32-34H,6,8H2,1-5H3,(H,28,30)/t12-,17-,22-,23+,24+,27-/m0/s1. The van der Waals surface area contributed by atoms with Crippen molar-refractivity contribution >= 4 is 23.4 Å². The zero-order valence-corrected chi connectivity index (χ0v) is 22.8. The fourth-order valence-corrected chi connectivity index (χ4v) is 5.64. The molecule has 2 aromatic carbocycles. The van der Waals surface area contributed by atoms with Gasteiger partial charge in [0, 0.05) is 12.5 Å². The number of thioether (sulfide) groups is 1. The van der Waals surface area contributed by atoms with Gasteiger partial charge in [0.25, 0.3) is 0 Å². The van der Waals surface area contributed by atoms with Crippen LogP contribution in [0.3, 0.4) is 0 Å². The third kappa shape index (κ3) is 5.21. The zero-order valence-electron chi connectivity index (χ0n) is 22.0. The van der Waals surface area contributed by atoms with Gasteiger partial charge in [-0.25, -0.2) is 0 Å². The molecule has 0 unspecified atom stereocenters. The monoisotopic (exact) mass is 546 g/mol. The van der Waals surface area contributed by atoms with Crippen molar-refractivity contribution in [1.82, 2.24) is 5.32 Å². The Labute approximate surface area is 225 Å². The van der Waals surface area contributed by atoms with Crippen LogP contribution in [-0.4, -0.2) is 72.3 Å². The molecule has 1 aliphatic carbocycles. The maximum atomic E-state index is 13.0. The Kier molecular flexibility index (Phi) is 8.53. The average Bonchev–Trinajstić information content (AvgIpc) is 3.13. The van der Waals surface area contributed by atoms with Crippen molar-refractivity contribution < 1.29 is 34.3 Å². The topological polar surface area (TPSA) is 147 Å². The number of carbonyl (C=O) groups is 1. The van der Waals surface area contributed by atoms with Crippen molar-refractivity contribution in [2.45, 2.75) is 68.3 Å². The normalized spacial score (nSPS) is 26.4.